The van der Waals surface area contributed by atoms with Gasteiger partial charge in [0.1, 0.15) is 0 Å². The standard InChI is InChI=1S/C22H24N4O/c1-25-14-18-11-7-6-10-17(18)12-21(25)22(27)26(2)15-19-13-20(24-23-19)16-8-4-3-5-9-16/h3-11,13,21H,12,14-15H2,1-2H3,(H,23,24). The fourth-order valence-corrected chi connectivity index (χ4v) is 3.72. The van der Waals surface area contributed by atoms with E-state index in [2.05, 4.69) is 33.3 Å². The van der Waals surface area contributed by atoms with Crippen LogP contribution in [0.5, 0.6) is 0 Å². The van der Waals surface area contributed by atoms with Crippen LogP contribution < -0.4 is 0 Å². The average Bonchev–Trinajstić information content (AvgIpc) is 3.16. The quantitative estimate of drug-likeness (QED) is 0.778. The van der Waals surface area contributed by atoms with Crippen LogP contribution in [0.1, 0.15) is 16.8 Å². The number of hydrogen-bond donors (Lipinski definition) is 1. The fourth-order valence-electron chi connectivity index (χ4n) is 3.72. The Hall–Kier alpha value is -2.92. The van der Waals surface area contributed by atoms with E-state index >= 15 is 0 Å². The van der Waals surface area contributed by atoms with Crippen LogP contribution >= 0.6 is 0 Å². The van der Waals surface area contributed by atoms with Crippen molar-refractivity contribution in [3.8, 4) is 11.3 Å². The number of aromatic nitrogens is 2. The molecule has 4 rings (SSSR count). The molecule has 1 unspecified atom stereocenters. The summed E-state index contributed by atoms with van der Waals surface area (Å²) in [6.07, 6.45) is 0.758. The molecule has 138 valence electrons. The summed E-state index contributed by atoms with van der Waals surface area (Å²) in [7, 11) is 3.88. The molecule has 0 saturated carbocycles. The maximum atomic E-state index is 13.0. The van der Waals surface area contributed by atoms with Gasteiger partial charge in [-0.25, -0.2) is 0 Å². The van der Waals surface area contributed by atoms with Crippen LogP contribution in [0.3, 0.4) is 0 Å². The molecule has 2 heterocycles. The molecule has 27 heavy (non-hydrogen) atoms. The molecule has 1 aliphatic heterocycles. The minimum Gasteiger partial charge on any atom is -0.339 e. The number of aromatic amines is 1. The monoisotopic (exact) mass is 360 g/mol. The summed E-state index contributed by atoms with van der Waals surface area (Å²) in [5.74, 6) is 0.142. The zero-order chi connectivity index (χ0) is 18.8. The van der Waals surface area contributed by atoms with Crippen LogP contribution in [0.4, 0.5) is 0 Å². The molecule has 1 aromatic heterocycles. The predicted octanol–water partition coefficient (Wildman–Crippen LogP) is 3.09. The summed E-state index contributed by atoms with van der Waals surface area (Å²) in [4.78, 5) is 17.0. The molecular weight excluding hydrogens is 336 g/mol. The van der Waals surface area contributed by atoms with Gasteiger partial charge in [-0.15, -0.1) is 0 Å². The van der Waals surface area contributed by atoms with Crippen molar-refractivity contribution in [2.24, 2.45) is 0 Å². The van der Waals surface area contributed by atoms with Gasteiger partial charge in [-0.1, -0.05) is 54.6 Å². The zero-order valence-electron chi connectivity index (χ0n) is 15.7. The lowest BCUT2D eigenvalue weighted by Gasteiger charge is -2.35. The highest BCUT2D eigenvalue weighted by Crippen LogP contribution is 2.23. The average molecular weight is 360 g/mol. The number of nitrogens with zero attached hydrogens (tertiary/aromatic N) is 3. The Kier molecular flexibility index (Phi) is 4.77. The Morgan fingerprint density at radius 1 is 1.15 bits per heavy atom. The maximum absolute atomic E-state index is 13.0. The third-order valence-electron chi connectivity index (χ3n) is 5.25. The molecule has 2 aromatic carbocycles. The minimum absolute atomic E-state index is 0.124. The van der Waals surface area contributed by atoms with Crippen molar-refractivity contribution in [1.82, 2.24) is 20.0 Å². The molecule has 1 N–H and O–H groups in total. The van der Waals surface area contributed by atoms with E-state index in [4.69, 9.17) is 0 Å². The minimum atomic E-state index is -0.124. The van der Waals surface area contributed by atoms with Crippen LogP contribution in [0.2, 0.25) is 0 Å². The maximum Gasteiger partial charge on any atom is 0.240 e. The van der Waals surface area contributed by atoms with E-state index in [0.29, 0.717) is 6.54 Å². The zero-order valence-corrected chi connectivity index (χ0v) is 15.7. The van der Waals surface area contributed by atoms with Gasteiger partial charge in [0.05, 0.1) is 24.0 Å². The van der Waals surface area contributed by atoms with Crippen molar-refractivity contribution < 1.29 is 4.79 Å². The Bertz CT molecular complexity index is 934. The van der Waals surface area contributed by atoms with E-state index in [1.165, 1.54) is 11.1 Å². The van der Waals surface area contributed by atoms with Gasteiger partial charge in [-0.3, -0.25) is 14.8 Å². The van der Waals surface area contributed by atoms with E-state index in [0.717, 1.165) is 29.9 Å². The lowest BCUT2D eigenvalue weighted by molar-refractivity contribution is -0.136. The highest BCUT2D eigenvalue weighted by molar-refractivity contribution is 5.82. The topological polar surface area (TPSA) is 52.2 Å². The fraction of sp³-hybridized carbons (Fsp3) is 0.273. The van der Waals surface area contributed by atoms with E-state index in [-0.39, 0.29) is 11.9 Å². The number of carbonyl (C=O) groups is 1. The number of carbonyl (C=O) groups excluding carboxylic acids is 1. The van der Waals surface area contributed by atoms with Crippen molar-refractivity contribution in [3.05, 3.63) is 77.5 Å². The van der Waals surface area contributed by atoms with Gasteiger partial charge in [-0.05, 0) is 30.7 Å². The molecule has 0 aliphatic carbocycles. The molecule has 5 nitrogen and oxygen atoms in total. The summed E-state index contributed by atoms with van der Waals surface area (Å²) in [5.41, 5.74) is 5.49. The van der Waals surface area contributed by atoms with Gasteiger partial charge in [0.15, 0.2) is 0 Å². The Morgan fingerprint density at radius 2 is 1.85 bits per heavy atom. The van der Waals surface area contributed by atoms with Gasteiger partial charge in [0.25, 0.3) is 0 Å². The summed E-state index contributed by atoms with van der Waals surface area (Å²) in [6.45, 7) is 1.33. The van der Waals surface area contributed by atoms with Crippen molar-refractivity contribution >= 4 is 5.91 Å². The molecule has 0 fully saturated rings. The number of likely N-dealkylation sites (N-methyl/N-ethyl adjacent to an activating group) is 2. The van der Waals surface area contributed by atoms with Crippen LogP contribution in [-0.4, -0.2) is 46.0 Å². The SMILES string of the molecule is CN(Cc1cc(-c2ccccc2)n[nH]1)C(=O)C1Cc2ccccc2CN1C. The molecule has 3 aromatic rings. The summed E-state index contributed by atoms with van der Waals surface area (Å²) in [6, 6.07) is 20.3. The van der Waals surface area contributed by atoms with Crippen LogP contribution in [-0.2, 0) is 24.3 Å². The number of fused-ring (bicyclic) bond motifs is 1. The van der Waals surface area contributed by atoms with Gasteiger partial charge < -0.3 is 4.90 Å². The second kappa shape index (κ2) is 7.37. The molecule has 0 radical (unpaired) electrons. The smallest absolute Gasteiger partial charge is 0.240 e. The summed E-state index contributed by atoms with van der Waals surface area (Å²) in [5, 5.41) is 7.44. The number of H-pyrrole nitrogens is 1. The third-order valence-corrected chi connectivity index (χ3v) is 5.25. The van der Waals surface area contributed by atoms with E-state index in [9.17, 15) is 4.79 Å². The van der Waals surface area contributed by atoms with Crippen molar-refractivity contribution in [3.63, 3.8) is 0 Å². The van der Waals surface area contributed by atoms with Crippen LogP contribution in [0.25, 0.3) is 11.3 Å². The van der Waals surface area contributed by atoms with E-state index < -0.39 is 0 Å². The molecule has 1 aliphatic rings. The normalized spacial score (nSPS) is 16.7. The van der Waals surface area contributed by atoms with Crippen LogP contribution in [0.15, 0.2) is 60.7 Å². The number of nitrogens with one attached hydrogen (secondary N) is 1. The number of hydrogen-bond acceptors (Lipinski definition) is 3. The van der Waals surface area contributed by atoms with Gasteiger partial charge in [-0.2, -0.15) is 5.10 Å². The molecule has 1 atom stereocenters. The first-order valence-corrected chi connectivity index (χ1v) is 9.23. The highest BCUT2D eigenvalue weighted by atomic mass is 16.2. The molecular formula is C22H24N4O. The highest BCUT2D eigenvalue weighted by Gasteiger charge is 2.31. The van der Waals surface area contributed by atoms with Crippen LogP contribution in [0, 0.1) is 0 Å². The predicted molar refractivity (Wildman–Crippen MR) is 106 cm³/mol. The van der Waals surface area contributed by atoms with Crippen molar-refractivity contribution in [2.45, 2.75) is 25.6 Å². The number of amides is 1. The summed E-state index contributed by atoms with van der Waals surface area (Å²) < 4.78 is 0. The van der Waals surface area contributed by atoms with Gasteiger partial charge in [0.2, 0.25) is 5.91 Å². The van der Waals surface area contributed by atoms with Gasteiger partial charge in [0, 0.05) is 19.2 Å². The molecule has 0 bridgehead atoms. The first kappa shape index (κ1) is 17.5. The van der Waals surface area contributed by atoms with E-state index in [1.807, 2.05) is 56.6 Å². The molecule has 5 heteroatoms. The van der Waals surface area contributed by atoms with E-state index in [1.54, 1.807) is 4.90 Å². The molecule has 0 saturated heterocycles. The summed E-state index contributed by atoms with van der Waals surface area (Å²) >= 11 is 0. The van der Waals surface area contributed by atoms with Gasteiger partial charge >= 0.3 is 0 Å². The second-order valence-electron chi connectivity index (χ2n) is 7.24. The molecule has 0 spiro atoms. The number of benzene rings is 2. The van der Waals surface area contributed by atoms with Crippen molar-refractivity contribution in [2.75, 3.05) is 14.1 Å². The second-order valence-corrected chi connectivity index (χ2v) is 7.24. The molecule has 1 amide bonds. The third kappa shape index (κ3) is 3.64. The Morgan fingerprint density at radius 3 is 2.63 bits per heavy atom. The first-order chi connectivity index (χ1) is 13.1. The number of rotatable bonds is 4. The largest absolute Gasteiger partial charge is 0.339 e. The van der Waals surface area contributed by atoms with Crippen molar-refractivity contribution in [1.29, 1.82) is 0 Å². The lowest BCUT2D eigenvalue weighted by atomic mass is 9.94. The Balaban J connectivity index is 1.45. The first-order valence-electron chi connectivity index (χ1n) is 9.23. The Labute approximate surface area is 159 Å². The lowest BCUT2D eigenvalue weighted by Crippen LogP contribution is -2.48.